The van der Waals surface area contributed by atoms with Crippen molar-refractivity contribution in [1.29, 1.82) is 0 Å². The minimum atomic E-state index is -3.63. The lowest BCUT2D eigenvalue weighted by Crippen LogP contribution is -2.43. The molecule has 140 valence electrons. The zero-order valence-corrected chi connectivity index (χ0v) is 15.6. The van der Waals surface area contributed by atoms with Crippen LogP contribution in [-0.4, -0.2) is 44.3 Å². The number of nitrogens with zero attached hydrogens (tertiary/aromatic N) is 2. The minimum absolute atomic E-state index is 0.0524. The van der Waals surface area contributed by atoms with Gasteiger partial charge in [-0.1, -0.05) is 18.6 Å². The van der Waals surface area contributed by atoms with Crippen molar-refractivity contribution in [3.63, 3.8) is 0 Å². The molecular weight excluding hydrogens is 352 g/mol. The number of rotatable bonds is 2. The number of benzene rings is 1. The second kappa shape index (κ2) is 7.02. The maximum Gasteiger partial charge on any atom is 0.311 e. The Labute approximate surface area is 154 Å². The van der Waals surface area contributed by atoms with Gasteiger partial charge in [0.05, 0.1) is 5.92 Å². The summed E-state index contributed by atoms with van der Waals surface area (Å²) in [4.78, 5) is 14.8. The third-order valence-electron chi connectivity index (χ3n) is 5.50. The summed E-state index contributed by atoms with van der Waals surface area (Å²) in [5.41, 5.74) is 0.633. The number of fused-ring (bicyclic) bond motifs is 1. The van der Waals surface area contributed by atoms with E-state index in [1.54, 1.807) is 18.2 Å². The molecule has 2 fully saturated rings. The Kier molecular flexibility index (Phi) is 4.73. The molecule has 2 aliphatic heterocycles. The number of sulfonamides is 1. The molecule has 3 aliphatic rings. The number of hydrogen-bond donors (Lipinski definition) is 0. The second-order valence-corrected chi connectivity index (χ2v) is 8.94. The number of carbonyl (C=O) groups is 1. The Hall–Kier alpha value is -1.89. The van der Waals surface area contributed by atoms with Crippen LogP contribution in [0.4, 0.5) is 0 Å². The summed E-state index contributed by atoms with van der Waals surface area (Å²) in [7, 11) is -3.63. The van der Waals surface area contributed by atoms with Gasteiger partial charge in [-0.25, -0.2) is 0 Å². The van der Waals surface area contributed by atoms with E-state index < -0.39 is 10.0 Å². The van der Waals surface area contributed by atoms with E-state index in [-0.39, 0.29) is 22.9 Å². The molecule has 1 aliphatic carbocycles. The molecule has 4 rings (SSSR count). The Balaban J connectivity index is 1.48. The predicted octanol–water partition coefficient (Wildman–Crippen LogP) is 2.72. The minimum Gasteiger partial charge on any atom is -0.462 e. The number of carbonyl (C=O) groups excluding carboxylic acids is 1. The molecule has 1 unspecified atom stereocenters. The van der Waals surface area contributed by atoms with Crippen molar-refractivity contribution < 1.29 is 17.9 Å². The summed E-state index contributed by atoms with van der Waals surface area (Å²) in [6.07, 6.45) is 7.05. The fourth-order valence-electron chi connectivity index (χ4n) is 4.12. The van der Waals surface area contributed by atoms with Gasteiger partial charge in [-0.05, 0) is 50.7 Å². The molecule has 1 aromatic rings. The number of amidine groups is 1. The highest BCUT2D eigenvalue weighted by atomic mass is 32.2. The normalized spacial score (nSPS) is 25.5. The van der Waals surface area contributed by atoms with Crippen LogP contribution >= 0.6 is 0 Å². The van der Waals surface area contributed by atoms with E-state index in [1.807, 2.05) is 11.0 Å². The molecule has 0 amide bonds. The van der Waals surface area contributed by atoms with Crippen LogP contribution in [0, 0.1) is 5.92 Å². The standard InChI is InChI=1S/C19H24N2O4S/c22-19(25-15-8-2-1-3-9-15)14-7-6-12-21(13-14)18-16-10-4-5-11-17(16)26(23,24)20-18/h4-5,10-11,14-15H,1-3,6-9,12-13H2. The molecule has 6 nitrogen and oxygen atoms in total. The van der Waals surface area contributed by atoms with Crippen LogP contribution in [-0.2, 0) is 19.6 Å². The number of esters is 1. The molecule has 7 heteroatoms. The van der Waals surface area contributed by atoms with Crippen molar-refractivity contribution in [2.24, 2.45) is 10.3 Å². The largest absolute Gasteiger partial charge is 0.462 e. The Morgan fingerprint density at radius 2 is 1.85 bits per heavy atom. The molecule has 0 aromatic heterocycles. The maximum atomic E-state index is 12.6. The van der Waals surface area contributed by atoms with Crippen LogP contribution in [0.2, 0.25) is 0 Å². The lowest BCUT2D eigenvalue weighted by Gasteiger charge is -2.34. The van der Waals surface area contributed by atoms with E-state index >= 15 is 0 Å². The van der Waals surface area contributed by atoms with Crippen molar-refractivity contribution in [1.82, 2.24) is 4.90 Å². The van der Waals surface area contributed by atoms with Gasteiger partial charge in [0, 0.05) is 18.7 Å². The molecule has 1 atom stereocenters. The van der Waals surface area contributed by atoms with Crippen LogP contribution < -0.4 is 0 Å². The number of piperidine rings is 1. The third kappa shape index (κ3) is 3.37. The van der Waals surface area contributed by atoms with Gasteiger partial charge in [0.15, 0.2) is 5.84 Å². The first kappa shape index (κ1) is 17.5. The summed E-state index contributed by atoms with van der Waals surface area (Å²) in [6.45, 7) is 1.17. The molecular formula is C19H24N2O4S. The first-order valence-electron chi connectivity index (χ1n) is 9.44. The molecule has 2 heterocycles. The molecule has 1 aromatic carbocycles. The van der Waals surface area contributed by atoms with Crippen LogP contribution in [0.3, 0.4) is 0 Å². The Morgan fingerprint density at radius 3 is 2.65 bits per heavy atom. The van der Waals surface area contributed by atoms with E-state index in [0.29, 0.717) is 24.5 Å². The average Bonchev–Trinajstić information content (AvgIpc) is 2.94. The van der Waals surface area contributed by atoms with Gasteiger partial charge < -0.3 is 9.64 Å². The first-order valence-corrected chi connectivity index (χ1v) is 10.9. The quantitative estimate of drug-likeness (QED) is 0.742. The smallest absolute Gasteiger partial charge is 0.311 e. The topological polar surface area (TPSA) is 76.0 Å². The van der Waals surface area contributed by atoms with Gasteiger partial charge in [-0.3, -0.25) is 4.79 Å². The summed E-state index contributed by atoms with van der Waals surface area (Å²) in [5.74, 6) is 0.107. The van der Waals surface area contributed by atoms with E-state index in [2.05, 4.69) is 4.40 Å². The van der Waals surface area contributed by atoms with Gasteiger partial charge >= 0.3 is 5.97 Å². The highest BCUT2D eigenvalue weighted by molar-refractivity contribution is 7.90. The van der Waals surface area contributed by atoms with Crippen LogP contribution in [0.25, 0.3) is 0 Å². The van der Waals surface area contributed by atoms with Crippen molar-refractivity contribution >= 4 is 21.8 Å². The molecule has 0 N–H and O–H groups in total. The molecule has 1 saturated heterocycles. The summed E-state index contributed by atoms with van der Waals surface area (Å²) < 4.78 is 34.3. The molecule has 1 saturated carbocycles. The predicted molar refractivity (Wildman–Crippen MR) is 97.4 cm³/mol. The van der Waals surface area contributed by atoms with E-state index in [1.165, 1.54) is 6.42 Å². The summed E-state index contributed by atoms with van der Waals surface area (Å²) in [6, 6.07) is 6.88. The van der Waals surface area contributed by atoms with E-state index in [0.717, 1.165) is 38.5 Å². The van der Waals surface area contributed by atoms with Gasteiger partial charge in [-0.2, -0.15) is 8.42 Å². The fourth-order valence-corrected chi connectivity index (χ4v) is 5.35. The zero-order chi connectivity index (χ0) is 18.1. The number of likely N-dealkylation sites (tertiary alicyclic amines) is 1. The Bertz CT molecular complexity index is 828. The van der Waals surface area contributed by atoms with Crippen molar-refractivity contribution in [3.05, 3.63) is 29.8 Å². The van der Waals surface area contributed by atoms with Gasteiger partial charge in [0.25, 0.3) is 10.0 Å². The van der Waals surface area contributed by atoms with E-state index in [4.69, 9.17) is 4.74 Å². The molecule has 0 bridgehead atoms. The molecule has 0 spiro atoms. The van der Waals surface area contributed by atoms with Gasteiger partial charge in [0.1, 0.15) is 11.0 Å². The van der Waals surface area contributed by atoms with Crippen LogP contribution in [0.1, 0.15) is 50.5 Å². The van der Waals surface area contributed by atoms with Crippen molar-refractivity contribution in [3.8, 4) is 0 Å². The monoisotopic (exact) mass is 376 g/mol. The van der Waals surface area contributed by atoms with Crippen LogP contribution in [0.5, 0.6) is 0 Å². The average molecular weight is 376 g/mol. The number of ether oxygens (including phenoxy) is 1. The highest BCUT2D eigenvalue weighted by Gasteiger charge is 2.36. The third-order valence-corrected chi connectivity index (χ3v) is 6.83. The SMILES string of the molecule is O=C(OC1CCCCC1)C1CCCN(C2=NS(=O)(=O)c3ccccc32)C1. The molecule has 26 heavy (non-hydrogen) atoms. The summed E-state index contributed by atoms with van der Waals surface area (Å²) >= 11 is 0. The lowest BCUT2D eigenvalue weighted by atomic mass is 9.95. The zero-order valence-electron chi connectivity index (χ0n) is 14.8. The van der Waals surface area contributed by atoms with Gasteiger partial charge in [0.2, 0.25) is 0 Å². The summed E-state index contributed by atoms with van der Waals surface area (Å²) in [5, 5.41) is 0. The van der Waals surface area contributed by atoms with Crippen molar-refractivity contribution in [2.75, 3.05) is 13.1 Å². The first-order chi connectivity index (χ1) is 12.5. The highest BCUT2D eigenvalue weighted by Crippen LogP contribution is 2.30. The molecule has 0 radical (unpaired) electrons. The maximum absolute atomic E-state index is 12.6. The van der Waals surface area contributed by atoms with Gasteiger partial charge in [-0.15, -0.1) is 4.40 Å². The van der Waals surface area contributed by atoms with Crippen LogP contribution in [0.15, 0.2) is 33.6 Å². The lowest BCUT2D eigenvalue weighted by molar-refractivity contribution is -0.156. The Morgan fingerprint density at radius 1 is 1.08 bits per heavy atom. The number of hydrogen-bond acceptors (Lipinski definition) is 5. The fraction of sp³-hybridized carbons (Fsp3) is 0.579. The van der Waals surface area contributed by atoms with Crippen molar-refractivity contribution in [2.45, 2.75) is 55.9 Å². The second-order valence-electron chi connectivity index (χ2n) is 7.37. The van der Waals surface area contributed by atoms with E-state index in [9.17, 15) is 13.2 Å².